The van der Waals surface area contributed by atoms with Gasteiger partial charge in [-0.15, -0.1) is 0 Å². The fourth-order valence-corrected chi connectivity index (χ4v) is 5.00. The van der Waals surface area contributed by atoms with E-state index in [1.165, 1.54) is 19.3 Å². The molecule has 0 saturated heterocycles. The third kappa shape index (κ3) is 2.67. The van der Waals surface area contributed by atoms with E-state index in [2.05, 4.69) is 38.0 Å². The van der Waals surface area contributed by atoms with Crippen molar-refractivity contribution in [2.24, 2.45) is 28.1 Å². The number of hydrogen-bond acceptors (Lipinski definition) is 2. The molecule has 2 N–H and O–H groups in total. The number of nitrogens with two attached hydrogens (primary N) is 1. The van der Waals surface area contributed by atoms with Gasteiger partial charge < -0.3 is 5.73 Å². The van der Waals surface area contributed by atoms with E-state index in [9.17, 15) is 0 Å². The van der Waals surface area contributed by atoms with Crippen molar-refractivity contribution in [2.45, 2.75) is 45.6 Å². The zero-order chi connectivity index (χ0) is 17.4. The van der Waals surface area contributed by atoms with E-state index in [1.54, 1.807) is 6.21 Å². The minimum atomic E-state index is -0.112. The maximum atomic E-state index is 6.07. The molecule has 3 unspecified atom stereocenters. The van der Waals surface area contributed by atoms with E-state index in [-0.39, 0.29) is 11.0 Å². The molecule has 3 nitrogen and oxygen atoms in total. The summed E-state index contributed by atoms with van der Waals surface area (Å²) in [7, 11) is 0. The Balaban J connectivity index is 1.82. The second-order valence-corrected chi connectivity index (χ2v) is 8.18. The van der Waals surface area contributed by atoms with Gasteiger partial charge in [0.2, 0.25) is 0 Å². The Labute approximate surface area is 150 Å². The van der Waals surface area contributed by atoms with Crippen LogP contribution in [0, 0.1) is 17.3 Å². The summed E-state index contributed by atoms with van der Waals surface area (Å²) in [6, 6.07) is 10.2. The summed E-state index contributed by atoms with van der Waals surface area (Å²) in [5.41, 5.74) is 7.26. The van der Waals surface area contributed by atoms with Crippen LogP contribution in [0.5, 0.6) is 0 Å². The lowest BCUT2D eigenvalue weighted by molar-refractivity contribution is -0.00200. The van der Waals surface area contributed by atoms with Crippen LogP contribution in [-0.2, 0) is 0 Å². The standard InChI is InChI=1S/C20H27N3S/c1-19(2)16-11-12-17(14-16)20(19,3)23(18(21)24)22-13-7-10-15-8-5-4-6-9-15/h4-10,13,16-17H,11-12,14H2,1-3H3,(H2,21,24)/b10-7+,22-13-. The second-order valence-electron chi connectivity index (χ2n) is 7.76. The van der Waals surface area contributed by atoms with E-state index in [4.69, 9.17) is 18.0 Å². The first-order valence-corrected chi connectivity index (χ1v) is 9.13. The van der Waals surface area contributed by atoms with Gasteiger partial charge in [-0.2, -0.15) is 5.10 Å². The van der Waals surface area contributed by atoms with Crippen molar-refractivity contribution in [3.8, 4) is 0 Å². The van der Waals surface area contributed by atoms with Crippen molar-refractivity contribution in [1.29, 1.82) is 0 Å². The predicted octanol–water partition coefficient (Wildman–Crippen LogP) is 4.45. The largest absolute Gasteiger partial charge is 0.375 e. The van der Waals surface area contributed by atoms with Gasteiger partial charge in [-0.1, -0.05) is 50.3 Å². The molecule has 0 radical (unpaired) electrons. The topological polar surface area (TPSA) is 41.6 Å². The van der Waals surface area contributed by atoms with Crippen LogP contribution < -0.4 is 5.73 Å². The number of allylic oxidation sites excluding steroid dienone is 1. The van der Waals surface area contributed by atoms with Gasteiger partial charge in [-0.25, -0.2) is 5.01 Å². The van der Waals surface area contributed by atoms with Gasteiger partial charge in [0.05, 0.1) is 5.54 Å². The molecular formula is C20H27N3S. The van der Waals surface area contributed by atoms with Crippen LogP contribution in [-0.4, -0.2) is 21.9 Å². The average molecular weight is 342 g/mol. The number of fused-ring (bicyclic) bond motifs is 2. The summed E-state index contributed by atoms with van der Waals surface area (Å²) < 4.78 is 0. The molecule has 2 aliphatic carbocycles. The van der Waals surface area contributed by atoms with Crippen LogP contribution in [0.3, 0.4) is 0 Å². The van der Waals surface area contributed by atoms with Crippen LogP contribution in [0.15, 0.2) is 41.5 Å². The molecule has 0 spiro atoms. The second kappa shape index (κ2) is 6.32. The SMILES string of the molecule is CC1(C)C2CCC(C2)C1(C)N(/N=C\C=C\c1ccccc1)C(N)=S. The Kier molecular flexibility index (Phi) is 4.52. The summed E-state index contributed by atoms with van der Waals surface area (Å²) in [6.45, 7) is 6.98. The minimum Gasteiger partial charge on any atom is -0.375 e. The molecule has 2 saturated carbocycles. The highest BCUT2D eigenvalue weighted by atomic mass is 32.1. The minimum absolute atomic E-state index is 0.112. The monoisotopic (exact) mass is 341 g/mol. The smallest absolute Gasteiger partial charge is 0.187 e. The molecule has 2 aliphatic rings. The number of benzene rings is 1. The number of rotatable bonds is 4. The highest BCUT2D eigenvalue weighted by Crippen LogP contribution is 2.63. The first-order valence-electron chi connectivity index (χ1n) is 8.72. The lowest BCUT2D eigenvalue weighted by Gasteiger charge is -2.52. The molecule has 2 bridgehead atoms. The van der Waals surface area contributed by atoms with E-state index in [1.807, 2.05) is 35.4 Å². The highest BCUT2D eigenvalue weighted by molar-refractivity contribution is 7.80. The number of thiocarbonyl (C=S) groups is 1. The lowest BCUT2D eigenvalue weighted by atomic mass is 9.64. The summed E-state index contributed by atoms with van der Waals surface area (Å²) in [4.78, 5) is 0. The molecule has 0 aromatic heterocycles. The van der Waals surface area contributed by atoms with E-state index < -0.39 is 0 Å². The quantitative estimate of drug-likeness (QED) is 0.500. The number of hydrazone groups is 1. The Bertz CT molecular complexity index is 665. The summed E-state index contributed by atoms with van der Waals surface area (Å²) in [5.74, 6) is 1.34. The number of hydrogen-bond donors (Lipinski definition) is 1. The Morgan fingerprint density at radius 1 is 1.21 bits per heavy atom. The van der Waals surface area contributed by atoms with E-state index >= 15 is 0 Å². The predicted molar refractivity (Wildman–Crippen MR) is 106 cm³/mol. The van der Waals surface area contributed by atoms with E-state index in [0.29, 0.717) is 11.0 Å². The summed E-state index contributed by atoms with van der Waals surface area (Å²) in [5, 5.41) is 6.93. The molecule has 2 fully saturated rings. The molecule has 0 aliphatic heterocycles. The lowest BCUT2D eigenvalue weighted by Crippen LogP contribution is -2.60. The molecule has 1 aromatic carbocycles. The highest BCUT2D eigenvalue weighted by Gasteiger charge is 2.63. The summed E-state index contributed by atoms with van der Waals surface area (Å²) in [6.07, 6.45) is 9.62. The Hall–Kier alpha value is -1.68. The third-order valence-corrected chi connectivity index (χ3v) is 6.73. The van der Waals surface area contributed by atoms with Crippen molar-refractivity contribution in [3.05, 3.63) is 42.0 Å². The molecule has 0 amide bonds. The van der Waals surface area contributed by atoms with Gasteiger partial charge in [0.15, 0.2) is 5.11 Å². The van der Waals surface area contributed by atoms with E-state index in [0.717, 1.165) is 11.5 Å². The van der Waals surface area contributed by atoms with Gasteiger partial charge in [-0.05, 0) is 67.3 Å². The molecule has 3 rings (SSSR count). The van der Waals surface area contributed by atoms with Gasteiger partial charge in [-0.3, -0.25) is 0 Å². The molecule has 3 atom stereocenters. The van der Waals surface area contributed by atoms with Crippen LogP contribution in [0.4, 0.5) is 0 Å². The number of nitrogens with zero attached hydrogens (tertiary/aromatic N) is 2. The molecule has 0 heterocycles. The maximum Gasteiger partial charge on any atom is 0.187 e. The van der Waals surface area contributed by atoms with Gasteiger partial charge in [0.25, 0.3) is 0 Å². The molecule has 1 aromatic rings. The van der Waals surface area contributed by atoms with Gasteiger partial charge in [0.1, 0.15) is 0 Å². The van der Waals surface area contributed by atoms with Crippen molar-refractivity contribution >= 4 is 29.6 Å². The first-order chi connectivity index (χ1) is 11.4. The normalized spacial score (nSPS) is 31.1. The van der Waals surface area contributed by atoms with Crippen LogP contribution in [0.25, 0.3) is 6.08 Å². The van der Waals surface area contributed by atoms with Crippen LogP contribution >= 0.6 is 12.2 Å². The van der Waals surface area contributed by atoms with Crippen LogP contribution in [0.2, 0.25) is 0 Å². The zero-order valence-corrected chi connectivity index (χ0v) is 15.6. The van der Waals surface area contributed by atoms with Crippen LogP contribution in [0.1, 0.15) is 45.6 Å². The van der Waals surface area contributed by atoms with Gasteiger partial charge >= 0.3 is 0 Å². The van der Waals surface area contributed by atoms with Crippen molar-refractivity contribution < 1.29 is 0 Å². The van der Waals surface area contributed by atoms with Gasteiger partial charge in [0, 0.05) is 6.21 Å². The van der Waals surface area contributed by atoms with Crippen molar-refractivity contribution in [2.75, 3.05) is 0 Å². The third-order valence-electron chi connectivity index (χ3n) is 6.56. The van der Waals surface area contributed by atoms with Crippen molar-refractivity contribution in [1.82, 2.24) is 5.01 Å². The zero-order valence-electron chi connectivity index (χ0n) is 14.8. The Morgan fingerprint density at radius 2 is 1.88 bits per heavy atom. The summed E-state index contributed by atoms with van der Waals surface area (Å²) >= 11 is 5.35. The Morgan fingerprint density at radius 3 is 2.46 bits per heavy atom. The average Bonchev–Trinajstić information content (AvgIpc) is 3.11. The fraction of sp³-hybridized carbons (Fsp3) is 0.500. The molecular weight excluding hydrogens is 314 g/mol. The molecule has 4 heteroatoms. The molecule has 128 valence electrons. The van der Waals surface area contributed by atoms with Crippen molar-refractivity contribution in [3.63, 3.8) is 0 Å². The first kappa shape index (κ1) is 17.2. The molecule has 24 heavy (non-hydrogen) atoms. The fourth-order valence-electron chi connectivity index (χ4n) is 4.76. The maximum absolute atomic E-state index is 6.07.